The van der Waals surface area contributed by atoms with E-state index in [9.17, 15) is 4.79 Å². The van der Waals surface area contributed by atoms with Gasteiger partial charge in [-0.25, -0.2) is 0 Å². The molecule has 0 aromatic rings. The molecular weight excluding hydrogens is 210 g/mol. The Bertz CT molecular complexity index is 173. The molecule has 84 valence electrons. The molecule has 1 saturated heterocycles. The minimum absolute atomic E-state index is 0. The molecule has 0 bridgehead atoms. The molecule has 0 saturated carbocycles. The second kappa shape index (κ2) is 7.00. The predicted octanol–water partition coefficient (Wildman–Crippen LogP) is 0.0157. The molecule has 6 heteroatoms. The lowest BCUT2D eigenvalue weighted by atomic mass is 10.1. The number of carboxylic acid groups (broad SMARTS) is 1. The van der Waals surface area contributed by atoms with Crippen LogP contribution in [0.5, 0.6) is 0 Å². The van der Waals surface area contributed by atoms with Gasteiger partial charge in [-0.2, -0.15) is 0 Å². The topological polar surface area (TPSA) is 81.8 Å². The van der Waals surface area contributed by atoms with Crippen LogP contribution in [-0.4, -0.2) is 43.0 Å². The average molecular weight is 226 g/mol. The van der Waals surface area contributed by atoms with Gasteiger partial charge in [0.2, 0.25) is 0 Å². The predicted molar refractivity (Wildman–Crippen MR) is 52.7 cm³/mol. The summed E-state index contributed by atoms with van der Waals surface area (Å²) in [6, 6.07) is -0.914. The summed E-state index contributed by atoms with van der Waals surface area (Å²) in [6.07, 6.45) is 1.76. The van der Waals surface area contributed by atoms with Gasteiger partial charge in [0.25, 0.3) is 0 Å². The molecule has 1 aliphatic rings. The summed E-state index contributed by atoms with van der Waals surface area (Å²) in [4.78, 5) is 10.3. The van der Waals surface area contributed by atoms with E-state index in [4.69, 9.17) is 20.3 Å². The largest absolute Gasteiger partial charge is 0.480 e. The van der Waals surface area contributed by atoms with Crippen molar-refractivity contribution in [2.75, 3.05) is 19.8 Å². The van der Waals surface area contributed by atoms with Crippen molar-refractivity contribution in [3.63, 3.8) is 0 Å². The number of nitrogens with two attached hydrogens (primary N) is 1. The van der Waals surface area contributed by atoms with E-state index in [1.165, 1.54) is 0 Å². The van der Waals surface area contributed by atoms with E-state index in [0.717, 1.165) is 12.8 Å². The fourth-order valence-electron chi connectivity index (χ4n) is 1.15. The molecule has 1 aliphatic heterocycles. The Labute approximate surface area is 89.0 Å². The molecular formula is C8H16ClNO4. The second-order valence-corrected chi connectivity index (χ2v) is 3.09. The van der Waals surface area contributed by atoms with Crippen LogP contribution >= 0.6 is 12.4 Å². The fourth-order valence-corrected chi connectivity index (χ4v) is 1.15. The van der Waals surface area contributed by atoms with Crippen LogP contribution in [0.1, 0.15) is 12.8 Å². The molecule has 1 fully saturated rings. The molecule has 3 N–H and O–H groups in total. The molecule has 0 amide bonds. The van der Waals surface area contributed by atoms with Gasteiger partial charge in [-0.1, -0.05) is 0 Å². The van der Waals surface area contributed by atoms with Crippen molar-refractivity contribution in [1.82, 2.24) is 0 Å². The number of ether oxygens (including phenoxy) is 2. The van der Waals surface area contributed by atoms with Gasteiger partial charge in [0, 0.05) is 13.2 Å². The fraction of sp³-hybridized carbons (Fsp3) is 0.875. The van der Waals surface area contributed by atoms with Crippen LogP contribution < -0.4 is 5.73 Å². The van der Waals surface area contributed by atoms with E-state index in [1.807, 2.05) is 0 Å². The number of aliphatic carboxylic acids is 1. The summed E-state index contributed by atoms with van der Waals surface area (Å²) in [5.41, 5.74) is 5.28. The molecule has 0 spiro atoms. The first kappa shape index (κ1) is 13.6. The number of rotatable bonds is 4. The zero-order valence-corrected chi connectivity index (χ0v) is 8.66. The van der Waals surface area contributed by atoms with Gasteiger partial charge >= 0.3 is 5.97 Å². The highest BCUT2D eigenvalue weighted by Crippen LogP contribution is 2.10. The molecule has 0 radical (unpaired) electrons. The van der Waals surface area contributed by atoms with Crippen molar-refractivity contribution in [3.8, 4) is 0 Å². The molecule has 14 heavy (non-hydrogen) atoms. The first-order valence-electron chi connectivity index (χ1n) is 4.38. The average Bonchev–Trinajstić information content (AvgIpc) is 2.15. The second-order valence-electron chi connectivity index (χ2n) is 3.09. The van der Waals surface area contributed by atoms with Crippen molar-refractivity contribution in [2.45, 2.75) is 25.0 Å². The number of hydrogen-bond donors (Lipinski definition) is 2. The highest BCUT2D eigenvalue weighted by atomic mass is 35.5. The monoisotopic (exact) mass is 225 g/mol. The summed E-state index contributed by atoms with van der Waals surface area (Å²) in [5.74, 6) is -1.02. The number of carbonyl (C=O) groups is 1. The van der Waals surface area contributed by atoms with Gasteiger partial charge in [-0.15, -0.1) is 12.4 Å². The van der Waals surface area contributed by atoms with Crippen molar-refractivity contribution >= 4 is 18.4 Å². The summed E-state index contributed by atoms with van der Waals surface area (Å²) < 4.78 is 10.4. The first-order chi connectivity index (χ1) is 6.20. The number of halogens is 1. The van der Waals surface area contributed by atoms with Gasteiger partial charge in [-0.05, 0) is 12.8 Å². The molecule has 1 heterocycles. The van der Waals surface area contributed by atoms with Crippen LogP contribution in [0, 0.1) is 0 Å². The molecule has 1 rings (SSSR count). The number of hydrogen-bond acceptors (Lipinski definition) is 4. The quantitative estimate of drug-likeness (QED) is 0.705. The van der Waals surface area contributed by atoms with Gasteiger partial charge in [-0.3, -0.25) is 4.79 Å². The van der Waals surface area contributed by atoms with E-state index < -0.39 is 12.0 Å². The standard InChI is InChI=1S/C8H15NO4.ClH/c9-7(8(10)11)5-13-6-1-3-12-4-2-6;/h6-7H,1-5,9H2,(H,10,11);1H/t7-;/m0./s1. The normalized spacial score (nSPS) is 19.8. The van der Waals surface area contributed by atoms with Gasteiger partial charge < -0.3 is 20.3 Å². The third-order valence-electron chi connectivity index (χ3n) is 2.00. The van der Waals surface area contributed by atoms with Crippen LogP contribution in [0.25, 0.3) is 0 Å². The summed E-state index contributed by atoms with van der Waals surface area (Å²) >= 11 is 0. The van der Waals surface area contributed by atoms with E-state index >= 15 is 0 Å². The van der Waals surface area contributed by atoms with Gasteiger partial charge in [0.05, 0.1) is 12.7 Å². The Morgan fingerprint density at radius 1 is 1.57 bits per heavy atom. The van der Waals surface area contributed by atoms with Crippen LogP contribution in [0.2, 0.25) is 0 Å². The third kappa shape index (κ3) is 4.76. The van der Waals surface area contributed by atoms with Gasteiger partial charge in [0.1, 0.15) is 6.04 Å². The van der Waals surface area contributed by atoms with E-state index in [0.29, 0.717) is 13.2 Å². The summed E-state index contributed by atoms with van der Waals surface area (Å²) in [6.45, 7) is 1.46. The molecule has 0 unspecified atom stereocenters. The zero-order valence-electron chi connectivity index (χ0n) is 7.85. The molecule has 0 aromatic heterocycles. The molecule has 1 atom stereocenters. The maximum absolute atomic E-state index is 10.3. The van der Waals surface area contributed by atoms with Crippen molar-refractivity contribution < 1.29 is 19.4 Å². The van der Waals surface area contributed by atoms with Crippen LogP contribution in [0.3, 0.4) is 0 Å². The molecule has 0 aliphatic carbocycles. The van der Waals surface area contributed by atoms with E-state index in [-0.39, 0.29) is 25.1 Å². The van der Waals surface area contributed by atoms with Crippen LogP contribution in [0.15, 0.2) is 0 Å². The maximum Gasteiger partial charge on any atom is 0.322 e. The van der Waals surface area contributed by atoms with Crippen molar-refractivity contribution in [2.24, 2.45) is 5.73 Å². The first-order valence-corrected chi connectivity index (χ1v) is 4.38. The van der Waals surface area contributed by atoms with E-state index in [2.05, 4.69) is 0 Å². The minimum atomic E-state index is -1.02. The van der Waals surface area contributed by atoms with Crippen LogP contribution in [0.4, 0.5) is 0 Å². The Kier molecular flexibility index (Phi) is 6.82. The highest BCUT2D eigenvalue weighted by molar-refractivity contribution is 5.85. The lowest BCUT2D eigenvalue weighted by Gasteiger charge is -2.23. The summed E-state index contributed by atoms with van der Waals surface area (Å²) in [5, 5.41) is 8.48. The summed E-state index contributed by atoms with van der Waals surface area (Å²) in [7, 11) is 0. The zero-order chi connectivity index (χ0) is 9.68. The Hall–Kier alpha value is -0.360. The maximum atomic E-state index is 10.3. The van der Waals surface area contributed by atoms with Gasteiger partial charge in [0.15, 0.2) is 0 Å². The SMILES string of the molecule is Cl.N[C@@H](COC1CCOCC1)C(=O)O. The minimum Gasteiger partial charge on any atom is -0.480 e. The Morgan fingerprint density at radius 2 is 2.14 bits per heavy atom. The van der Waals surface area contributed by atoms with Crippen molar-refractivity contribution in [1.29, 1.82) is 0 Å². The van der Waals surface area contributed by atoms with Crippen LogP contribution in [-0.2, 0) is 14.3 Å². The Balaban J connectivity index is 0.00000169. The highest BCUT2D eigenvalue weighted by Gasteiger charge is 2.17. The molecule has 0 aromatic carbocycles. The third-order valence-corrected chi connectivity index (χ3v) is 2.00. The lowest BCUT2D eigenvalue weighted by molar-refractivity contribution is -0.141. The Morgan fingerprint density at radius 3 is 2.64 bits per heavy atom. The van der Waals surface area contributed by atoms with Crippen molar-refractivity contribution in [3.05, 3.63) is 0 Å². The molecule has 5 nitrogen and oxygen atoms in total. The number of carboxylic acids is 1. The van der Waals surface area contributed by atoms with E-state index in [1.54, 1.807) is 0 Å². The smallest absolute Gasteiger partial charge is 0.322 e. The lowest BCUT2D eigenvalue weighted by Crippen LogP contribution is -2.37.